The first-order chi connectivity index (χ1) is 14.9. The number of carbonyl (C=O) groups is 2. The summed E-state index contributed by atoms with van der Waals surface area (Å²) in [6, 6.07) is 19.5. The zero-order chi connectivity index (χ0) is 22.5. The van der Waals surface area contributed by atoms with Gasteiger partial charge in [-0.05, 0) is 25.0 Å². The lowest BCUT2D eigenvalue weighted by Gasteiger charge is -2.32. The molecule has 0 saturated carbocycles. The van der Waals surface area contributed by atoms with Crippen LogP contribution in [0.15, 0.2) is 71.9 Å². The second-order valence-corrected chi connectivity index (χ2v) is 12.4. The van der Waals surface area contributed by atoms with Gasteiger partial charge in [0.05, 0.1) is 19.8 Å². The molecule has 1 aliphatic rings. The highest BCUT2D eigenvalue weighted by Gasteiger charge is 2.62. The van der Waals surface area contributed by atoms with Gasteiger partial charge in [0.1, 0.15) is 14.2 Å². The highest BCUT2D eigenvalue weighted by Crippen LogP contribution is 2.51. The van der Waals surface area contributed by atoms with Crippen LogP contribution >= 0.6 is 0 Å². The Morgan fingerprint density at radius 1 is 0.968 bits per heavy atom. The third kappa shape index (κ3) is 4.36. The average molecular weight is 439 g/mol. The number of rotatable bonds is 7. The maximum atomic E-state index is 13.5. The molecule has 5 nitrogen and oxygen atoms in total. The third-order valence-corrected chi connectivity index (χ3v) is 8.55. The summed E-state index contributed by atoms with van der Waals surface area (Å²) in [6.07, 6.45) is -0.807. The van der Waals surface area contributed by atoms with Gasteiger partial charge < -0.3 is 14.2 Å². The fourth-order valence-corrected chi connectivity index (χ4v) is 6.55. The van der Waals surface area contributed by atoms with E-state index in [1.165, 1.54) is 5.19 Å². The molecule has 0 bridgehead atoms. The van der Waals surface area contributed by atoms with Crippen molar-refractivity contribution in [3.63, 3.8) is 0 Å². The molecule has 0 spiro atoms. The Balaban J connectivity index is 2.21. The lowest BCUT2D eigenvalue weighted by atomic mass is 9.75. The van der Waals surface area contributed by atoms with Crippen molar-refractivity contribution in [2.75, 3.05) is 19.8 Å². The van der Waals surface area contributed by atoms with E-state index in [0.717, 1.165) is 5.56 Å². The number of hydrogen-bond acceptors (Lipinski definition) is 5. The Kier molecular flexibility index (Phi) is 7.13. The van der Waals surface area contributed by atoms with Crippen molar-refractivity contribution in [3.05, 3.63) is 77.5 Å². The predicted molar refractivity (Wildman–Crippen MR) is 122 cm³/mol. The first-order valence-corrected chi connectivity index (χ1v) is 13.7. The van der Waals surface area contributed by atoms with Crippen molar-refractivity contribution in [2.24, 2.45) is 5.41 Å². The minimum Gasteiger partial charge on any atom is -0.465 e. The number of hydrogen-bond donors (Lipinski definition) is 0. The summed E-state index contributed by atoms with van der Waals surface area (Å²) < 4.78 is 17.0. The maximum absolute atomic E-state index is 13.5. The van der Waals surface area contributed by atoms with Gasteiger partial charge in [0.15, 0.2) is 0 Å². The van der Waals surface area contributed by atoms with Gasteiger partial charge in [0.2, 0.25) is 5.41 Å². The van der Waals surface area contributed by atoms with Crippen LogP contribution in [0.3, 0.4) is 0 Å². The molecule has 6 heteroatoms. The van der Waals surface area contributed by atoms with E-state index in [4.69, 9.17) is 14.2 Å². The van der Waals surface area contributed by atoms with Crippen LogP contribution in [0, 0.1) is 5.41 Å². The van der Waals surface area contributed by atoms with Gasteiger partial charge >= 0.3 is 11.9 Å². The summed E-state index contributed by atoms with van der Waals surface area (Å²) in [5, 5.41) is 1.20. The van der Waals surface area contributed by atoms with Crippen LogP contribution < -0.4 is 5.19 Å². The zero-order valence-corrected chi connectivity index (χ0v) is 19.6. The van der Waals surface area contributed by atoms with Crippen LogP contribution in [0.25, 0.3) is 0 Å². The summed E-state index contributed by atoms with van der Waals surface area (Å²) in [4.78, 5) is 26.9. The van der Waals surface area contributed by atoms with E-state index >= 15 is 0 Å². The van der Waals surface area contributed by atoms with Crippen LogP contribution in [-0.4, -0.2) is 39.8 Å². The quantitative estimate of drug-likeness (QED) is 0.372. The Hall–Kier alpha value is -2.70. The van der Waals surface area contributed by atoms with Gasteiger partial charge in [0, 0.05) is 0 Å². The molecular formula is C25H30O5Si. The molecule has 1 heterocycles. The smallest absolute Gasteiger partial charge is 0.330 e. The molecular weight excluding hydrogens is 408 g/mol. The fourth-order valence-electron chi connectivity index (χ4n) is 4.15. The van der Waals surface area contributed by atoms with Gasteiger partial charge in [-0.1, -0.05) is 84.6 Å². The van der Waals surface area contributed by atoms with Crippen LogP contribution in [0.5, 0.6) is 0 Å². The zero-order valence-electron chi connectivity index (χ0n) is 18.6. The standard InChI is InChI=1S/C25H30O5Si/c1-5-28-23(26)25(24(27)29-6-2)20(17-30-22(25)19-13-9-7-10-14-19)18-31(3,4)21-15-11-8-12-16-21/h7-16,18,22H,5-6,17H2,1-4H3/b20-18+. The number of carbonyl (C=O) groups excluding carboxylic acids is 2. The summed E-state index contributed by atoms with van der Waals surface area (Å²) in [5.41, 5.74) is 1.80. The third-order valence-electron chi connectivity index (χ3n) is 5.66. The van der Waals surface area contributed by atoms with Gasteiger partial charge in [-0.25, -0.2) is 0 Å². The van der Waals surface area contributed by atoms with E-state index in [2.05, 4.69) is 30.9 Å². The average Bonchev–Trinajstić information content (AvgIpc) is 3.14. The first-order valence-electron chi connectivity index (χ1n) is 10.7. The van der Waals surface area contributed by atoms with Crippen molar-refractivity contribution in [2.45, 2.75) is 33.0 Å². The Morgan fingerprint density at radius 3 is 2.00 bits per heavy atom. The van der Waals surface area contributed by atoms with Crippen LogP contribution in [0.1, 0.15) is 25.5 Å². The van der Waals surface area contributed by atoms with E-state index in [1.807, 2.05) is 48.5 Å². The molecule has 164 valence electrons. The molecule has 1 atom stereocenters. The Bertz CT molecular complexity index is 919. The van der Waals surface area contributed by atoms with Crippen LogP contribution in [0.2, 0.25) is 13.1 Å². The monoisotopic (exact) mass is 438 g/mol. The van der Waals surface area contributed by atoms with Crippen molar-refractivity contribution < 1.29 is 23.8 Å². The minimum atomic E-state index is -2.16. The van der Waals surface area contributed by atoms with Gasteiger partial charge in [0.25, 0.3) is 0 Å². The van der Waals surface area contributed by atoms with Crippen molar-refractivity contribution in [3.8, 4) is 0 Å². The molecule has 1 fully saturated rings. The molecule has 0 aromatic heterocycles. The van der Waals surface area contributed by atoms with Crippen molar-refractivity contribution in [1.82, 2.24) is 0 Å². The van der Waals surface area contributed by atoms with E-state index in [9.17, 15) is 9.59 Å². The van der Waals surface area contributed by atoms with Gasteiger partial charge in [-0.15, -0.1) is 0 Å². The van der Waals surface area contributed by atoms with Crippen molar-refractivity contribution in [1.29, 1.82) is 0 Å². The largest absolute Gasteiger partial charge is 0.465 e. The summed E-state index contributed by atoms with van der Waals surface area (Å²) in [7, 11) is -2.16. The molecule has 31 heavy (non-hydrogen) atoms. The van der Waals surface area contributed by atoms with E-state index in [0.29, 0.717) is 5.57 Å². The Labute approximate surface area is 185 Å². The lowest BCUT2D eigenvalue weighted by molar-refractivity contribution is -0.174. The van der Waals surface area contributed by atoms with Crippen molar-refractivity contribution >= 4 is 25.2 Å². The minimum absolute atomic E-state index is 0.161. The number of ether oxygens (including phenoxy) is 3. The first kappa shape index (κ1) is 23.0. The van der Waals surface area contributed by atoms with Gasteiger partial charge in [-0.3, -0.25) is 9.59 Å². The van der Waals surface area contributed by atoms with Crippen LogP contribution in [0.4, 0.5) is 0 Å². The predicted octanol–water partition coefficient (Wildman–Crippen LogP) is 3.95. The fraction of sp³-hybridized carbons (Fsp3) is 0.360. The Morgan fingerprint density at radius 2 is 1.48 bits per heavy atom. The molecule has 2 aromatic rings. The molecule has 1 unspecified atom stereocenters. The molecule has 2 aromatic carbocycles. The second kappa shape index (κ2) is 9.62. The molecule has 1 aliphatic heterocycles. The number of esters is 2. The molecule has 1 saturated heterocycles. The highest BCUT2D eigenvalue weighted by molar-refractivity contribution is 6.94. The molecule has 0 radical (unpaired) electrons. The lowest BCUT2D eigenvalue weighted by Crippen LogP contribution is -2.48. The van der Waals surface area contributed by atoms with E-state index < -0.39 is 31.5 Å². The molecule has 0 amide bonds. The normalized spacial score (nSPS) is 19.2. The molecule has 3 rings (SSSR count). The number of benzene rings is 2. The summed E-state index contributed by atoms with van der Waals surface area (Å²) in [5.74, 6) is -1.24. The molecule has 0 aliphatic carbocycles. The second-order valence-electron chi connectivity index (χ2n) is 8.11. The van der Waals surface area contributed by atoms with Gasteiger partial charge in [-0.2, -0.15) is 0 Å². The van der Waals surface area contributed by atoms with Crippen LogP contribution in [-0.2, 0) is 23.8 Å². The molecule has 0 N–H and O–H groups in total. The summed E-state index contributed by atoms with van der Waals surface area (Å²) >= 11 is 0. The highest BCUT2D eigenvalue weighted by atomic mass is 28.3. The topological polar surface area (TPSA) is 61.8 Å². The SMILES string of the molecule is CCOC(=O)C1(C(=O)OCC)/C(=C/[Si](C)(C)c2ccccc2)COC1c1ccccc1. The van der Waals surface area contributed by atoms with E-state index in [-0.39, 0.29) is 19.8 Å². The summed E-state index contributed by atoms with van der Waals surface area (Å²) in [6.45, 7) is 8.33. The van der Waals surface area contributed by atoms with E-state index in [1.54, 1.807) is 13.8 Å². The maximum Gasteiger partial charge on any atom is 0.330 e.